The van der Waals surface area contributed by atoms with Gasteiger partial charge in [-0.15, -0.1) is 0 Å². The number of ketones is 1. The van der Waals surface area contributed by atoms with Crippen LogP contribution in [0.3, 0.4) is 0 Å². The Balaban J connectivity index is 1.65. The maximum atomic E-state index is 12.1. The van der Waals surface area contributed by atoms with Gasteiger partial charge in [-0.3, -0.25) is 9.59 Å². The number of benzene rings is 1. The molecule has 1 N–H and O–H groups in total. The van der Waals surface area contributed by atoms with Gasteiger partial charge in [0, 0.05) is 24.9 Å². The molecule has 0 saturated carbocycles. The average Bonchev–Trinajstić information content (AvgIpc) is 2.98. The molecule has 0 aliphatic heterocycles. The Morgan fingerprint density at radius 3 is 2.62 bits per heavy atom. The standard InChI is InChI=1S/C17H20F3NO3/c18-17(19,20)11-24-9-8-21-16(23)7-6-15(22)14-5-4-12-2-1-3-13(12)10-14/h4-5,10H,1-3,6-9,11H2,(H,21,23). The zero-order valence-corrected chi connectivity index (χ0v) is 13.2. The van der Waals surface area contributed by atoms with E-state index in [-0.39, 0.29) is 37.7 Å². The lowest BCUT2D eigenvalue weighted by Crippen LogP contribution is -2.29. The molecule has 0 atom stereocenters. The quantitative estimate of drug-likeness (QED) is 0.583. The van der Waals surface area contributed by atoms with E-state index >= 15 is 0 Å². The lowest BCUT2D eigenvalue weighted by atomic mass is 10.0. The zero-order chi connectivity index (χ0) is 17.6. The van der Waals surface area contributed by atoms with Crippen LogP contribution >= 0.6 is 0 Å². The number of carbonyl (C=O) groups excluding carboxylic acids is 2. The number of aryl methyl sites for hydroxylation is 2. The fourth-order valence-corrected chi connectivity index (χ4v) is 2.66. The van der Waals surface area contributed by atoms with Gasteiger partial charge < -0.3 is 10.1 Å². The largest absolute Gasteiger partial charge is 0.411 e. The van der Waals surface area contributed by atoms with Gasteiger partial charge >= 0.3 is 6.18 Å². The van der Waals surface area contributed by atoms with Crippen LogP contribution in [0.5, 0.6) is 0 Å². The highest BCUT2D eigenvalue weighted by Crippen LogP contribution is 2.23. The van der Waals surface area contributed by atoms with Crippen molar-refractivity contribution < 1.29 is 27.5 Å². The normalized spacial score (nSPS) is 13.6. The van der Waals surface area contributed by atoms with Crippen molar-refractivity contribution in [3.63, 3.8) is 0 Å². The van der Waals surface area contributed by atoms with Gasteiger partial charge in [0.2, 0.25) is 5.91 Å². The van der Waals surface area contributed by atoms with Gasteiger partial charge in [-0.2, -0.15) is 13.2 Å². The molecular formula is C17H20F3NO3. The number of nitrogens with one attached hydrogen (secondary N) is 1. The summed E-state index contributed by atoms with van der Waals surface area (Å²) in [5.74, 6) is -0.478. The zero-order valence-electron chi connectivity index (χ0n) is 13.2. The Bertz CT molecular complexity index is 599. The van der Waals surface area contributed by atoms with Crippen molar-refractivity contribution in [1.82, 2.24) is 5.32 Å². The smallest absolute Gasteiger partial charge is 0.370 e. The second kappa shape index (κ2) is 8.28. The molecule has 0 heterocycles. The van der Waals surface area contributed by atoms with Crippen LogP contribution in [0.15, 0.2) is 18.2 Å². The first-order valence-corrected chi connectivity index (χ1v) is 7.91. The number of hydrogen-bond acceptors (Lipinski definition) is 3. The highest BCUT2D eigenvalue weighted by molar-refractivity contribution is 5.98. The lowest BCUT2D eigenvalue weighted by Gasteiger charge is -2.08. The molecule has 7 heteroatoms. The molecule has 2 rings (SSSR count). The summed E-state index contributed by atoms with van der Waals surface area (Å²) in [6.45, 7) is -1.56. The fourth-order valence-electron chi connectivity index (χ4n) is 2.66. The van der Waals surface area contributed by atoms with Crippen LogP contribution in [0.4, 0.5) is 13.2 Å². The number of hydrogen-bond donors (Lipinski definition) is 1. The second-order valence-electron chi connectivity index (χ2n) is 5.78. The van der Waals surface area contributed by atoms with Gasteiger partial charge in [0.1, 0.15) is 6.61 Å². The first-order valence-electron chi connectivity index (χ1n) is 7.91. The van der Waals surface area contributed by atoms with Crippen LogP contribution in [-0.2, 0) is 22.4 Å². The fraction of sp³-hybridized carbons (Fsp3) is 0.529. The number of halogens is 3. The van der Waals surface area contributed by atoms with E-state index in [9.17, 15) is 22.8 Å². The Labute approximate surface area is 138 Å². The maximum absolute atomic E-state index is 12.1. The second-order valence-corrected chi connectivity index (χ2v) is 5.78. The molecule has 0 saturated heterocycles. The average molecular weight is 343 g/mol. The number of fused-ring (bicyclic) bond motifs is 1. The van der Waals surface area contributed by atoms with E-state index in [4.69, 9.17) is 0 Å². The highest BCUT2D eigenvalue weighted by Gasteiger charge is 2.27. The van der Waals surface area contributed by atoms with E-state index in [0.29, 0.717) is 5.56 Å². The van der Waals surface area contributed by atoms with E-state index < -0.39 is 12.8 Å². The van der Waals surface area contributed by atoms with Gasteiger partial charge in [-0.05, 0) is 36.5 Å². The molecular weight excluding hydrogens is 323 g/mol. The molecule has 1 aliphatic rings. The van der Waals surface area contributed by atoms with Gasteiger partial charge in [0.05, 0.1) is 6.61 Å². The molecule has 1 aromatic carbocycles. The molecule has 0 spiro atoms. The number of carbonyl (C=O) groups is 2. The molecule has 1 aromatic rings. The minimum atomic E-state index is -4.37. The third-order valence-electron chi connectivity index (χ3n) is 3.83. The number of amides is 1. The summed E-state index contributed by atoms with van der Waals surface area (Å²) in [4.78, 5) is 23.7. The molecule has 24 heavy (non-hydrogen) atoms. The third-order valence-corrected chi connectivity index (χ3v) is 3.83. The minimum absolute atomic E-state index is 0.00912. The summed E-state index contributed by atoms with van der Waals surface area (Å²) < 4.78 is 39.9. The highest BCUT2D eigenvalue weighted by atomic mass is 19.4. The van der Waals surface area contributed by atoms with E-state index in [1.807, 2.05) is 12.1 Å². The maximum Gasteiger partial charge on any atom is 0.411 e. The molecule has 0 unspecified atom stereocenters. The van der Waals surface area contributed by atoms with Gasteiger partial charge in [0.15, 0.2) is 5.78 Å². The number of rotatable bonds is 8. The van der Waals surface area contributed by atoms with Crippen LogP contribution in [0.2, 0.25) is 0 Å². The topological polar surface area (TPSA) is 55.4 Å². The van der Waals surface area contributed by atoms with Crippen LogP contribution < -0.4 is 5.32 Å². The Hall–Kier alpha value is -1.89. The van der Waals surface area contributed by atoms with Crippen molar-refractivity contribution in [2.75, 3.05) is 19.8 Å². The predicted octanol–water partition coefficient (Wildman–Crippen LogP) is 2.83. The van der Waals surface area contributed by atoms with Gasteiger partial charge in [-0.1, -0.05) is 12.1 Å². The predicted molar refractivity (Wildman–Crippen MR) is 81.9 cm³/mol. The Morgan fingerprint density at radius 1 is 1.12 bits per heavy atom. The Kier molecular flexibility index (Phi) is 6.36. The molecule has 132 valence electrons. The molecule has 0 fully saturated rings. The summed E-state index contributed by atoms with van der Waals surface area (Å²) in [6, 6.07) is 5.65. The van der Waals surface area contributed by atoms with Crippen molar-refractivity contribution >= 4 is 11.7 Å². The van der Waals surface area contributed by atoms with E-state index in [1.165, 1.54) is 11.1 Å². The van der Waals surface area contributed by atoms with Crippen molar-refractivity contribution in [3.8, 4) is 0 Å². The van der Waals surface area contributed by atoms with Crippen molar-refractivity contribution in [3.05, 3.63) is 34.9 Å². The number of Topliss-reactive ketones (excluding diaryl/α,β-unsaturated/α-hetero) is 1. The van der Waals surface area contributed by atoms with E-state index in [0.717, 1.165) is 19.3 Å². The van der Waals surface area contributed by atoms with Crippen molar-refractivity contribution in [2.24, 2.45) is 0 Å². The number of alkyl halides is 3. The molecule has 0 bridgehead atoms. The van der Waals surface area contributed by atoms with E-state index in [2.05, 4.69) is 10.1 Å². The Morgan fingerprint density at radius 2 is 1.88 bits per heavy atom. The summed E-state index contributed by atoms with van der Waals surface area (Å²) in [5, 5.41) is 2.43. The summed E-state index contributed by atoms with van der Waals surface area (Å²) >= 11 is 0. The molecule has 4 nitrogen and oxygen atoms in total. The van der Waals surface area contributed by atoms with Crippen LogP contribution in [-0.4, -0.2) is 37.6 Å². The minimum Gasteiger partial charge on any atom is -0.370 e. The number of ether oxygens (including phenoxy) is 1. The summed E-state index contributed by atoms with van der Waals surface area (Å²) in [6.07, 6.45) is -1.15. The SMILES string of the molecule is O=C(CCC(=O)c1ccc2c(c1)CCC2)NCCOCC(F)(F)F. The van der Waals surface area contributed by atoms with Gasteiger partial charge in [0.25, 0.3) is 0 Å². The first kappa shape index (κ1) is 18.4. The van der Waals surface area contributed by atoms with Gasteiger partial charge in [-0.25, -0.2) is 0 Å². The first-order chi connectivity index (χ1) is 11.3. The summed E-state index contributed by atoms with van der Waals surface area (Å²) in [5.41, 5.74) is 3.09. The molecule has 1 amide bonds. The lowest BCUT2D eigenvalue weighted by molar-refractivity contribution is -0.173. The van der Waals surface area contributed by atoms with E-state index in [1.54, 1.807) is 6.07 Å². The van der Waals surface area contributed by atoms with Crippen LogP contribution in [0, 0.1) is 0 Å². The molecule has 0 radical (unpaired) electrons. The van der Waals surface area contributed by atoms with Crippen LogP contribution in [0.25, 0.3) is 0 Å². The van der Waals surface area contributed by atoms with Crippen molar-refractivity contribution in [1.29, 1.82) is 0 Å². The summed E-state index contributed by atoms with van der Waals surface area (Å²) in [7, 11) is 0. The third kappa shape index (κ3) is 5.96. The van der Waals surface area contributed by atoms with Crippen molar-refractivity contribution in [2.45, 2.75) is 38.3 Å². The molecule has 0 aromatic heterocycles. The van der Waals surface area contributed by atoms with Crippen LogP contribution in [0.1, 0.15) is 40.7 Å². The monoisotopic (exact) mass is 343 g/mol. The molecule has 1 aliphatic carbocycles.